The van der Waals surface area contributed by atoms with Crippen molar-refractivity contribution in [2.75, 3.05) is 26.2 Å². The number of hydrogen-bond donors (Lipinski definition) is 2. The number of fused-ring (bicyclic) bond motifs is 1. The molecule has 2 aliphatic rings. The second-order valence-electron chi connectivity index (χ2n) is 7.01. The number of rotatable bonds is 3. The Morgan fingerprint density at radius 2 is 2.19 bits per heavy atom. The van der Waals surface area contributed by atoms with Gasteiger partial charge in [0, 0.05) is 31.2 Å². The maximum Gasteiger partial charge on any atom is 0.0917 e. The van der Waals surface area contributed by atoms with E-state index in [2.05, 4.69) is 54.3 Å². The molecule has 0 aromatic carbocycles. The number of pyridine rings is 1. The van der Waals surface area contributed by atoms with E-state index in [0.29, 0.717) is 17.4 Å². The third kappa shape index (κ3) is 1.86. The van der Waals surface area contributed by atoms with Crippen LogP contribution in [0.2, 0.25) is 0 Å². The van der Waals surface area contributed by atoms with Crippen molar-refractivity contribution >= 4 is 11.0 Å². The first kappa shape index (κ1) is 13.3. The van der Waals surface area contributed by atoms with Crippen molar-refractivity contribution in [2.45, 2.75) is 32.7 Å². The first-order chi connectivity index (χ1) is 10.1. The Hall–Kier alpha value is -1.39. The van der Waals surface area contributed by atoms with Gasteiger partial charge in [0.15, 0.2) is 0 Å². The molecule has 21 heavy (non-hydrogen) atoms. The van der Waals surface area contributed by atoms with Gasteiger partial charge in [-0.2, -0.15) is 0 Å². The molecule has 2 aromatic rings. The van der Waals surface area contributed by atoms with Crippen LogP contribution in [-0.4, -0.2) is 41.0 Å². The summed E-state index contributed by atoms with van der Waals surface area (Å²) in [5.74, 6) is 0.504. The van der Waals surface area contributed by atoms with Gasteiger partial charge in [0.25, 0.3) is 0 Å². The van der Waals surface area contributed by atoms with Gasteiger partial charge in [-0.3, -0.25) is 0 Å². The van der Waals surface area contributed by atoms with Gasteiger partial charge in [-0.05, 0) is 30.2 Å². The maximum absolute atomic E-state index is 4.99. The van der Waals surface area contributed by atoms with Gasteiger partial charge < -0.3 is 15.2 Å². The van der Waals surface area contributed by atoms with E-state index in [1.54, 1.807) is 0 Å². The molecule has 0 amide bonds. The van der Waals surface area contributed by atoms with E-state index in [9.17, 15) is 0 Å². The van der Waals surface area contributed by atoms with Crippen LogP contribution in [0.15, 0.2) is 18.3 Å². The summed E-state index contributed by atoms with van der Waals surface area (Å²) in [7, 11) is 0. The molecule has 0 radical (unpaired) electrons. The van der Waals surface area contributed by atoms with Crippen LogP contribution in [0.25, 0.3) is 11.0 Å². The molecule has 4 heteroatoms. The number of nitrogens with one attached hydrogen (secondary N) is 2. The van der Waals surface area contributed by atoms with Crippen LogP contribution in [0.1, 0.15) is 44.0 Å². The number of aromatic amines is 1. The van der Waals surface area contributed by atoms with Crippen LogP contribution in [0, 0.1) is 5.41 Å². The fourth-order valence-corrected chi connectivity index (χ4v) is 3.91. The first-order valence-corrected chi connectivity index (χ1v) is 8.06. The highest BCUT2D eigenvalue weighted by molar-refractivity contribution is 5.79. The molecule has 1 spiro atoms. The van der Waals surface area contributed by atoms with Crippen LogP contribution in [0.5, 0.6) is 0 Å². The highest BCUT2D eigenvalue weighted by atomic mass is 15.3. The van der Waals surface area contributed by atoms with Crippen LogP contribution in [-0.2, 0) is 0 Å². The summed E-state index contributed by atoms with van der Waals surface area (Å²) < 4.78 is 0. The number of nitrogens with zero attached hydrogens (tertiary/aromatic N) is 2. The lowest BCUT2D eigenvalue weighted by Gasteiger charge is -2.60. The van der Waals surface area contributed by atoms with E-state index in [1.807, 2.05) is 0 Å². The fraction of sp³-hybridized carbons (Fsp3) is 0.588. The highest BCUT2D eigenvalue weighted by Crippen LogP contribution is 2.47. The Bertz CT molecular complexity index is 666. The Morgan fingerprint density at radius 1 is 1.38 bits per heavy atom. The Morgan fingerprint density at radius 3 is 2.81 bits per heavy atom. The zero-order chi connectivity index (χ0) is 14.6. The maximum atomic E-state index is 4.99. The average molecular weight is 284 g/mol. The molecule has 2 saturated heterocycles. The molecular formula is C17H24N4. The SMILES string of the molecule is CCN1CC2(CNC2c2ccc3[nH]cc(C(C)C)c3n2)C1. The molecule has 4 nitrogen and oxygen atoms in total. The molecule has 112 valence electrons. The summed E-state index contributed by atoms with van der Waals surface area (Å²) in [6.45, 7) is 11.4. The second-order valence-corrected chi connectivity index (χ2v) is 7.01. The predicted octanol–water partition coefficient (Wildman–Crippen LogP) is 2.65. The molecule has 2 aromatic heterocycles. The van der Waals surface area contributed by atoms with Crippen LogP contribution >= 0.6 is 0 Å². The number of hydrogen-bond acceptors (Lipinski definition) is 3. The summed E-state index contributed by atoms with van der Waals surface area (Å²) in [5.41, 5.74) is 5.28. The molecule has 0 saturated carbocycles. The molecule has 1 unspecified atom stereocenters. The third-order valence-electron chi connectivity index (χ3n) is 5.29. The quantitative estimate of drug-likeness (QED) is 0.910. The van der Waals surface area contributed by atoms with Crippen molar-refractivity contribution in [2.24, 2.45) is 5.41 Å². The lowest BCUT2D eigenvalue weighted by molar-refractivity contribution is -0.0806. The minimum Gasteiger partial charge on any atom is -0.360 e. The first-order valence-electron chi connectivity index (χ1n) is 8.06. The van der Waals surface area contributed by atoms with Gasteiger partial charge in [0.1, 0.15) is 0 Å². The fourth-order valence-electron chi connectivity index (χ4n) is 3.91. The van der Waals surface area contributed by atoms with Crippen molar-refractivity contribution < 1.29 is 0 Å². The number of aromatic nitrogens is 2. The molecule has 2 N–H and O–H groups in total. The average Bonchev–Trinajstić information content (AvgIpc) is 2.79. The van der Waals surface area contributed by atoms with Crippen molar-refractivity contribution in [3.05, 3.63) is 29.6 Å². The largest absolute Gasteiger partial charge is 0.360 e. The smallest absolute Gasteiger partial charge is 0.0917 e. The zero-order valence-corrected chi connectivity index (χ0v) is 13.1. The normalized spacial score (nSPS) is 24.5. The molecular weight excluding hydrogens is 260 g/mol. The Kier molecular flexibility index (Phi) is 2.88. The van der Waals surface area contributed by atoms with Gasteiger partial charge in [-0.1, -0.05) is 20.8 Å². The number of likely N-dealkylation sites (tertiary alicyclic amines) is 1. The topological polar surface area (TPSA) is 44.0 Å². The van der Waals surface area contributed by atoms with Crippen molar-refractivity contribution in [3.8, 4) is 0 Å². The minimum absolute atomic E-state index is 0.430. The molecule has 1 atom stereocenters. The second kappa shape index (κ2) is 4.55. The van der Waals surface area contributed by atoms with Gasteiger partial charge in [0.05, 0.1) is 22.8 Å². The van der Waals surface area contributed by atoms with E-state index >= 15 is 0 Å². The molecule has 2 aliphatic heterocycles. The molecule has 4 rings (SSSR count). The summed E-state index contributed by atoms with van der Waals surface area (Å²) in [5, 5.41) is 3.61. The standard InChI is InChI=1S/C17H24N4/c1-4-21-9-17(10-21)8-19-16(17)14-6-5-13-15(20-14)12(7-18-13)11(2)3/h5-7,11,16,18-19H,4,8-10H2,1-3H3. The molecule has 0 aliphatic carbocycles. The number of H-pyrrole nitrogens is 1. The van der Waals surface area contributed by atoms with Gasteiger partial charge in [-0.15, -0.1) is 0 Å². The van der Waals surface area contributed by atoms with Crippen LogP contribution < -0.4 is 5.32 Å². The van der Waals surface area contributed by atoms with Crippen molar-refractivity contribution in [1.82, 2.24) is 20.2 Å². The minimum atomic E-state index is 0.430. The van der Waals surface area contributed by atoms with E-state index < -0.39 is 0 Å². The molecule has 4 heterocycles. The monoisotopic (exact) mass is 284 g/mol. The van der Waals surface area contributed by atoms with Gasteiger partial charge in [0.2, 0.25) is 0 Å². The van der Waals surface area contributed by atoms with Gasteiger partial charge in [-0.25, -0.2) is 4.98 Å². The lowest BCUT2D eigenvalue weighted by atomic mass is 9.66. The highest BCUT2D eigenvalue weighted by Gasteiger charge is 2.55. The third-order valence-corrected chi connectivity index (χ3v) is 5.29. The molecule has 2 fully saturated rings. The summed E-state index contributed by atoms with van der Waals surface area (Å²) in [6.07, 6.45) is 2.11. The van der Waals surface area contributed by atoms with E-state index in [1.165, 1.54) is 24.3 Å². The Labute approximate surface area is 125 Å². The van der Waals surface area contributed by atoms with Crippen molar-refractivity contribution in [3.63, 3.8) is 0 Å². The van der Waals surface area contributed by atoms with Crippen molar-refractivity contribution in [1.29, 1.82) is 0 Å². The summed E-state index contributed by atoms with van der Waals surface area (Å²) >= 11 is 0. The Balaban J connectivity index is 1.67. The zero-order valence-electron chi connectivity index (χ0n) is 13.1. The van der Waals surface area contributed by atoms with E-state index in [4.69, 9.17) is 4.98 Å². The van der Waals surface area contributed by atoms with E-state index in [0.717, 1.165) is 24.1 Å². The van der Waals surface area contributed by atoms with Crippen LogP contribution in [0.3, 0.4) is 0 Å². The van der Waals surface area contributed by atoms with E-state index in [-0.39, 0.29) is 0 Å². The van der Waals surface area contributed by atoms with Gasteiger partial charge >= 0.3 is 0 Å². The summed E-state index contributed by atoms with van der Waals surface area (Å²) in [6, 6.07) is 4.81. The summed E-state index contributed by atoms with van der Waals surface area (Å²) in [4.78, 5) is 10.9. The molecule has 0 bridgehead atoms. The lowest BCUT2D eigenvalue weighted by Crippen LogP contribution is -2.72. The van der Waals surface area contributed by atoms with Crippen LogP contribution in [0.4, 0.5) is 0 Å². The predicted molar refractivity (Wildman–Crippen MR) is 85.5 cm³/mol.